The Morgan fingerprint density at radius 1 is 1.67 bits per heavy atom. The fraction of sp³-hybridized carbons (Fsp3) is 0.200. The largest absolute Gasteiger partial charge is 0.480 e. The van der Waals surface area contributed by atoms with E-state index in [-0.39, 0.29) is 10.3 Å². The lowest BCUT2D eigenvalue weighted by Crippen LogP contribution is -2.38. The maximum atomic E-state index is 12.4. The fourth-order valence-electron chi connectivity index (χ4n) is 0.694. The third-order valence-corrected chi connectivity index (χ3v) is 1.88. The second-order valence-corrected chi connectivity index (χ2v) is 3.09. The zero-order chi connectivity index (χ0) is 9.19. The number of ether oxygens (including phenoxy) is 1. The third kappa shape index (κ3) is 1.67. The molecule has 1 rings (SSSR count). The van der Waals surface area contributed by atoms with Crippen LogP contribution in [0, 0.1) is 0 Å². The average Bonchev–Trinajstić information content (AvgIpc) is 2.03. The Kier molecular flexibility index (Phi) is 2.22. The summed E-state index contributed by atoms with van der Waals surface area (Å²) in [7, 11) is -3.57. The lowest BCUT2D eigenvalue weighted by Gasteiger charge is -2.22. The van der Waals surface area contributed by atoms with E-state index in [0.717, 1.165) is 0 Å². The molecule has 0 amide bonds. The Hall–Kier alpha value is -1.24. The van der Waals surface area contributed by atoms with E-state index in [4.69, 9.17) is 0 Å². The molecule has 0 aliphatic carbocycles. The van der Waals surface area contributed by atoms with Crippen molar-refractivity contribution in [3.63, 3.8) is 0 Å². The number of methoxy groups -OCH3 is 1. The van der Waals surface area contributed by atoms with Gasteiger partial charge in [0.25, 0.3) is 0 Å². The second kappa shape index (κ2) is 3.02. The normalized spacial score (nSPS) is 16.8. The molecule has 0 aromatic rings. The first-order valence-corrected chi connectivity index (χ1v) is 4.31. The summed E-state index contributed by atoms with van der Waals surface area (Å²) >= 11 is 0. The van der Waals surface area contributed by atoms with Crippen molar-refractivity contribution in [1.29, 1.82) is 0 Å². The summed E-state index contributed by atoms with van der Waals surface area (Å²) in [4.78, 5) is 0. The topological polar surface area (TPSA) is 58.6 Å². The molecule has 7 heteroatoms. The standard InChI is InChI=1S/C5H7FN2O3S/c1-11-5-3-2-4-7-8(5)12(6,9)10/h2-4,7H,1H3. The van der Waals surface area contributed by atoms with E-state index < -0.39 is 10.4 Å². The van der Waals surface area contributed by atoms with Crippen molar-refractivity contribution in [2.45, 2.75) is 0 Å². The second-order valence-electron chi connectivity index (χ2n) is 1.90. The Balaban J connectivity index is 2.95. The highest BCUT2D eigenvalue weighted by molar-refractivity contribution is 7.84. The van der Waals surface area contributed by atoms with Crippen LogP contribution in [0.3, 0.4) is 0 Å². The van der Waals surface area contributed by atoms with Crippen LogP contribution in [-0.2, 0) is 15.1 Å². The molecule has 0 saturated carbocycles. The summed E-state index contributed by atoms with van der Waals surface area (Å²) in [6.07, 6.45) is 4.06. The van der Waals surface area contributed by atoms with E-state index >= 15 is 0 Å². The van der Waals surface area contributed by atoms with Crippen molar-refractivity contribution in [1.82, 2.24) is 9.84 Å². The van der Waals surface area contributed by atoms with Crippen molar-refractivity contribution in [3.8, 4) is 0 Å². The van der Waals surface area contributed by atoms with Gasteiger partial charge in [-0.25, -0.2) is 0 Å². The maximum absolute atomic E-state index is 12.4. The van der Waals surface area contributed by atoms with Gasteiger partial charge in [0, 0.05) is 12.3 Å². The molecule has 68 valence electrons. The molecular formula is C5H7FN2O3S. The first-order valence-electron chi connectivity index (χ1n) is 2.97. The van der Waals surface area contributed by atoms with Gasteiger partial charge in [-0.3, -0.25) is 5.43 Å². The summed E-state index contributed by atoms with van der Waals surface area (Å²) in [5, 5.41) is 0. The van der Waals surface area contributed by atoms with E-state index in [9.17, 15) is 12.3 Å². The molecule has 0 radical (unpaired) electrons. The minimum Gasteiger partial charge on any atom is -0.480 e. The molecule has 0 aromatic heterocycles. The highest BCUT2D eigenvalue weighted by atomic mass is 32.3. The van der Waals surface area contributed by atoms with Crippen molar-refractivity contribution in [2.75, 3.05) is 7.11 Å². The number of allylic oxidation sites excluding steroid dienone is 2. The molecule has 0 atom stereocenters. The first-order chi connectivity index (χ1) is 5.55. The van der Waals surface area contributed by atoms with Crippen LogP contribution in [0.15, 0.2) is 24.2 Å². The minimum atomic E-state index is -4.81. The fourth-order valence-corrected chi connectivity index (χ4v) is 1.23. The van der Waals surface area contributed by atoms with Crippen LogP contribution >= 0.6 is 0 Å². The number of nitrogens with zero attached hydrogens (tertiary/aromatic N) is 1. The lowest BCUT2D eigenvalue weighted by molar-refractivity contribution is 0.183. The van der Waals surface area contributed by atoms with Crippen LogP contribution < -0.4 is 5.43 Å². The van der Waals surface area contributed by atoms with Gasteiger partial charge in [0.05, 0.1) is 7.11 Å². The van der Waals surface area contributed by atoms with Crippen LogP contribution in [0.1, 0.15) is 0 Å². The average molecular weight is 194 g/mol. The molecule has 0 spiro atoms. The number of hydrogen-bond acceptors (Lipinski definition) is 4. The summed E-state index contributed by atoms with van der Waals surface area (Å²) in [6.45, 7) is 0. The molecule has 1 heterocycles. The van der Waals surface area contributed by atoms with Gasteiger partial charge in [-0.1, -0.05) is 3.89 Å². The molecule has 0 saturated heterocycles. The summed E-state index contributed by atoms with van der Waals surface area (Å²) < 4.78 is 38.1. The molecule has 0 bridgehead atoms. The SMILES string of the molecule is COC1=CC=CNN1S(=O)(=O)F. The minimum absolute atomic E-state index is 0.125. The van der Waals surface area contributed by atoms with Gasteiger partial charge in [-0.2, -0.15) is 8.42 Å². The molecule has 1 aliphatic rings. The van der Waals surface area contributed by atoms with Gasteiger partial charge in [-0.05, 0) is 6.08 Å². The Labute approximate surface area is 69.4 Å². The molecule has 0 fully saturated rings. The van der Waals surface area contributed by atoms with Gasteiger partial charge in [0.2, 0.25) is 5.88 Å². The van der Waals surface area contributed by atoms with Crippen molar-refractivity contribution >= 4 is 10.4 Å². The predicted molar refractivity (Wildman–Crippen MR) is 39.2 cm³/mol. The van der Waals surface area contributed by atoms with Crippen LogP contribution in [0.25, 0.3) is 0 Å². The first kappa shape index (κ1) is 8.85. The zero-order valence-electron chi connectivity index (χ0n) is 6.19. The Morgan fingerprint density at radius 3 is 2.75 bits per heavy atom. The summed E-state index contributed by atoms with van der Waals surface area (Å²) in [5.41, 5.74) is 2.16. The Morgan fingerprint density at radius 2 is 2.33 bits per heavy atom. The van der Waals surface area contributed by atoms with Gasteiger partial charge in [-0.15, -0.1) is 4.41 Å². The van der Waals surface area contributed by atoms with E-state index in [2.05, 4.69) is 10.2 Å². The molecule has 5 nitrogen and oxygen atoms in total. The van der Waals surface area contributed by atoms with Gasteiger partial charge in [0.1, 0.15) is 0 Å². The van der Waals surface area contributed by atoms with Gasteiger partial charge >= 0.3 is 10.4 Å². The molecule has 1 N–H and O–H groups in total. The van der Waals surface area contributed by atoms with Crippen molar-refractivity contribution < 1.29 is 17.0 Å². The number of halogens is 1. The summed E-state index contributed by atoms with van der Waals surface area (Å²) in [6, 6.07) is 0. The van der Waals surface area contributed by atoms with Crippen LogP contribution in [0.2, 0.25) is 0 Å². The van der Waals surface area contributed by atoms with Gasteiger partial charge < -0.3 is 4.74 Å². The summed E-state index contributed by atoms with van der Waals surface area (Å²) in [5.74, 6) is -0.125. The number of hydrogen-bond donors (Lipinski definition) is 1. The number of nitrogens with one attached hydrogen (secondary N) is 1. The third-order valence-electron chi connectivity index (χ3n) is 1.15. The van der Waals surface area contributed by atoms with E-state index in [1.54, 1.807) is 0 Å². The van der Waals surface area contributed by atoms with Crippen molar-refractivity contribution in [3.05, 3.63) is 24.2 Å². The molecule has 1 aliphatic heterocycles. The smallest absolute Gasteiger partial charge is 0.420 e. The van der Waals surface area contributed by atoms with Crippen molar-refractivity contribution in [2.24, 2.45) is 0 Å². The molecule has 0 aromatic carbocycles. The predicted octanol–water partition coefficient (Wildman–Crippen LogP) is 0.0224. The quantitative estimate of drug-likeness (QED) is 0.630. The number of hydrazine groups is 1. The van der Waals surface area contributed by atoms with Gasteiger partial charge in [0.15, 0.2) is 0 Å². The van der Waals surface area contributed by atoms with Crippen LogP contribution in [0.5, 0.6) is 0 Å². The maximum Gasteiger partial charge on any atom is 0.420 e. The van der Waals surface area contributed by atoms with E-state index in [0.29, 0.717) is 0 Å². The molecular weight excluding hydrogens is 187 g/mol. The van der Waals surface area contributed by atoms with Crippen LogP contribution in [0.4, 0.5) is 3.89 Å². The van der Waals surface area contributed by atoms with E-state index in [1.165, 1.54) is 25.5 Å². The molecule has 12 heavy (non-hydrogen) atoms. The lowest BCUT2D eigenvalue weighted by atomic mass is 10.5. The van der Waals surface area contributed by atoms with Crippen LogP contribution in [-0.4, -0.2) is 19.9 Å². The zero-order valence-corrected chi connectivity index (χ0v) is 7.01. The molecule has 0 unspecified atom stereocenters. The monoisotopic (exact) mass is 194 g/mol. The highest BCUT2D eigenvalue weighted by Crippen LogP contribution is 2.12. The Bertz CT molecular complexity index is 322. The van der Waals surface area contributed by atoms with E-state index in [1.807, 2.05) is 0 Å². The highest BCUT2D eigenvalue weighted by Gasteiger charge is 2.24. The number of rotatable bonds is 2.